The number of morpholine rings is 1. The van der Waals surface area contributed by atoms with Crippen LogP contribution >= 0.6 is 0 Å². The van der Waals surface area contributed by atoms with E-state index < -0.39 is 0 Å². The zero-order valence-electron chi connectivity index (χ0n) is 12.1. The van der Waals surface area contributed by atoms with Crippen molar-refractivity contribution in [2.24, 2.45) is 0 Å². The highest BCUT2D eigenvalue weighted by Gasteiger charge is 2.47. The van der Waals surface area contributed by atoms with E-state index >= 15 is 0 Å². The third-order valence-corrected chi connectivity index (χ3v) is 4.85. The van der Waals surface area contributed by atoms with Gasteiger partial charge in [0, 0.05) is 37.5 Å². The first-order chi connectivity index (χ1) is 9.24. The van der Waals surface area contributed by atoms with Crippen molar-refractivity contribution in [2.75, 3.05) is 40.0 Å². The van der Waals surface area contributed by atoms with Crippen LogP contribution in [0.15, 0.2) is 0 Å². The largest absolute Gasteiger partial charge is 0.379 e. The normalized spacial score (nSPS) is 39.8. The van der Waals surface area contributed by atoms with Gasteiger partial charge in [0.05, 0.1) is 26.4 Å². The number of nitrogens with one attached hydrogen (secondary N) is 1. The summed E-state index contributed by atoms with van der Waals surface area (Å²) in [6.07, 6.45) is 3.10. The molecular formula is C14H26N2O3. The monoisotopic (exact) mass is 270 g/mol. The van der Waals surface area contributed by atoms with E-state index in [4.69, 9.17) is 14.2 Å². The molecule has 2 heterocycles. The molecule has 1 aliphatic carbocycles. The van der Waals surface area contributed by atoms with Crippen LogP contribution in [-0.2, 0) is 14.2 Å². The molecule has 0 aromatic carbocycles. The van der Waals surface area contributed by atoms with Gasteiger partial charge in [0.25, 0.3) is 0 Å². The maximum absolute atomic E-state index is 5.92. The van der Waals surface area contributed by atoms with Crippen molar-refractivity contribution in [1.29, 1.82) is 0 Å². The fourth-order valence-electron chi connectivity index (χ4n) is 3.81. The number of ether oxygens (including phenoxy) is 3. The van der Waals surface area contributed by atoms with Gasteiger partial charge in [-0.15, -0.1) is 0 Å². The third kappa shape index (κ3) is 2.67. The molecule has 3 aliphatic rings. The van der Waals surface area contributed by atoms with Crippen LogP contribution in [0, 0.1) is 0 Å². The molecule has 0 radical (unpaired) electrons. The molecule has 110 valence electrons. The van der Waals surface area contributed by atoms with Gasteiger partial charge in [-0.05, 0) is 20.4 Å². The molecule has 19 heavy (non-hydrogen) atoms. The predicted molar refractivity (Wildman–Crippen MR) is 72.1 cm³/mol. The van der Waals surface area contributed by atoms with Gasteiger partial charge in [-0.2, -0.15) is 0 Å². The minimum atomic E-state index is -0.309. The first kappa shape index (κ1) is 13.8. The van der Waals surface area contributed by atoms with Gasteiger partial charge in [-0.1, -0.05) is 0 Å². The number of hydrogen-bond donors (Lipinski definition) is 1. The second-order valence-corrected chi connectivity index (χ2v) is 5.97. The van der Waals surface area contributed by atoms with Crippen LogP contribution in [0.5, 0.6) is 0 Å². The van der Waals surface area contributed by atoms with Crippen LogP contribution in [0.3, 0.4) is 0 Å². The zero-order chi connectivity index (χ0) is 13.3. The second-order valence-electron chi connectivity index (χ2n) is 5.97. The third-order valence-electron chi connectivity index (χ3n) is 4.85. The van der Waals surface area contributed by atoms with E-state index in [1.807, 2.05) is 0 Å². The average Bonchev–Trinajstić information content (AvgIpc) is 2.88. The van der Waals surface area contributed by atoms with Crippen LogP contribution in [0.1, 0.15) is 26.2 Å². The molecule has 3 atom stereocenters. The molecule has 3 fully saturated rings. The predicted octanol–water partition coefficient (Wildman–Crippen LogP) is 0.591. The van der Waals surface area contributed by atoms with Gasteiger partial charge in [0.1, 0.15) is 0 Å². The quantitative estimate of drug-likeness (QED) is 0.795. The molecule has 1 N–H and O–H groups in total. The molecule has 5 nitrogen and oxygen atoms in total. The molecule has 1 spiro atoms. The van der Waals surface area contributed by atoms with Crippen LogP contribution in [0.2, 0.25) is 0 Å². The number of nitrogens with zero attached hydrogens (tertiary/aromatic N) is 1. The Hall–Kier alpha value is -0.200. The lowest BCUT2D eigenvalue weighted by atomic mass is 9.84. The summed E-state index contributed by atoms with van der Waals surface area (Å²) in [5.74, 6) is -0.309. The number of hydrogen-bond acceptors (Lipinski definition) is 5. The highest BCUT2D eigenvalue weighted by Crippen LogP contribution is 2.38. The summed E-state index contributed by atoms with van der Waals surface area (Å²) in [5, 5.41) is 3.48. The Kier molecular flexibility index (Phi) is 4.10. The Bertz CT molecular complexity index is 307. The van der Waals surface area contributed by atoms with Crippen molar-refractivity contribution < 1.29 is 14.2 Å². The minimum Gasteiger partial charge on any atom is -0.379 e. The summed E-state index contributed by atoms with van der Waals surface area (Å²) in [4.78, 5) is 2.58. The molecule has 3 rings (SSSR count). The Morgan fingerprint density at radius 3 is 2.68 bits per heavy atom. The summed E-state index contributed by atoms with van der Waals surface area (Å²) < 4.78 is 17.4. The fourth-order valence-corrected chi connectivity index (χ4v) is 3.81. The number of likely N-dealkylation sites (N-methyl/N-ethyl adjacent to an activating group) is 1. The first-order valence-corrected chi connectivity index (χ1v) is 7.53. The van der Waals surface area contributed by atoms with Crippen molar-refractivity contribution in [1.82, 2.24) is 10.2 Å². The van der Waals surface area contributed by atoms with Gasteiger partial charge in [0.2, 0.25) is 0 Å². The maximum atomic E-state index is 5.92. The second kappa shape index (κ2) is 5.66. The average molecular weight is 270 g/mol. The van der Waals surface area contributed by atoms with Gasteiger partial charge in [-0.25, -0.2) is 0 Å². The van der Waals surface area contributed by atoms with Gasteiger partial charge >= 0.3 is 0 Å². The lowest BCUT2D eigenvalue weighted by Gasteiger charge is -2.49. The smallest absolute Gasteiger partial charge is 0.170 e. The van der Waals surface area contributed by atoms with E-state index in [0.717, 1.165) is 52.2 Å². The van der Waals surface area contributed by atoms with Crippen molar-refractivity contribution in [3.05, 3.63) is 0 Å². The number of rotatable bonds is 2. The zero-order valence-corrected chi connectivity index (χ0v) is 12.1. The van der Waals surface area contributed by atoms with Crippen LogP contribution in [-0.4, -0.2) is 68.8 Å². The standard InChI is InChI=1S/C14H26N2O3/c1-11-10-17-6-5-16(11)13-9-14(18-7-8-19-14)4-3-12(13)15-2/h11-13,15H,3-10H2,1-2H3. The summed E-state index contributed by atoms with van der Waals surface area (Å²) in [5.41, 5.74) is 0. The Morgan fingerprint density at radius 2 is 2.00 bits per heavy atom. The highest BCUT2D eigenvalue weighted by molar-refractivity contribution is 4.97. The lowest BCUT2D eigenvalue weighted by Crippen LogP contribution is -2.61. The minimum absolute atomic E-state index is 0.309. The van der Waals surface area contributed by atoms with Crippen molar-refractivity contribution in [3.63, 3.8) is 0 Å². The lowest BCUT2D eigenvalue weighted by molar-refractivity contribution is -0.198. The van der Waals surface area contributed by atoms with Crippen molar-refractivity contribution in [2.45, 2.75) is 50.1 Å². The molecule has 2 aliphatic heterocycles. The maximum Gasteiger partial charge on any atom is 0.170 e. The van der Waals surface area contributed by atoms with E-state index in [9.17, 15) is 0 Å². The summed E-state index contributed by atoms with van der Waals surface area (Å²) in [6, 6.07) is 1.49. The van der Waals surface area contributed by atoms with Crippen LogP contribution in [0.25, 0.3) is 0 Å². The van der Waals surface area contributed by atoms with E-state index in [2.05, 4.69) is 24.2 Å². The van der Waals surface area contributed by atoms with Crippen LogP contribution in [0.4, 0.5) is 0 Å². The van der Waals surface area contributed by atoms with Crippen molar-refractivity contribution >= 4 is 0 Å². The molecule has 5 heteroatoms. The molecule has 0 aromatic rings. The molecule has 0 amide bonds. The topological polar surface area (TPSA) is 43.0 Å². The molecule has 0 bridgehead atoms. The highest BCUT2D eigenvalue weighted by atomic mass is 16.7. The molecule has 2 saturated heterocycles. The first-order valence-electron chi connectivity index (χ1n) is 7.53. The molecule has 3 unspecified atom stereocenters. The Labute approximate surface area is 115 Å². The SMILES string of the molecule is CNC1CCC2(CC1N1CCOCC1C)OCCO2. The van der Waals surface area contributed by atoms with E-state index in [-0.39, 0.29) is 5.79 Å². The van der Waals surface area contributed by atoms with E-state index in [0.29, 0.717) is 18.1 Å². The summed E-state index contributed by atoms with van der Waals surface area (Å²) in [7, 11) is 2.07. The Balaban J connectivity index is 1.74. The van der Waals surface area contributed by atoms with Crippen LogP contribution < -0.4 is 5.32 Å². The van der Waals surface area contributed by atoms with E-state index in [1.54, 1.807) is 0 Å². The summed E-state index contributed by atoms with van der Waals surface area (Å²) >= 11 is 0. The van der Waals surface area contributed by atoms with Gasteiger partial charge in [-0.3, -0.25) is 4.90 Å². The summed E-state index contributed by atoms with van der Waals surface area (Å²) in [6.45, 7) is 6.43. The molecule has 0 aromatic heterocycles. The fraction of sp³-hybridized carbons (Fsp3) is 1.00. The van der Waals surface area contributed by atoms with Gasteiger partial charge in [0.15, 0.2) is 5.79 Å². The van der Waals surface area contributed by atoms with E-state index in [1.165, 1.54) is 0 Å². The Morgan fingerprint density at radius 1 is 1.21 bits per heavy atom. The molecule has 1 saturated carbocycles. The van der Waals surface area contributed by atoms with Gasteiger partial charge < -0.3 is 19.5 Å². The molecular weight excluding hydrogens is 244 g/mol. The van der Waals surface area contributed by atoms with Crippen molar-refractivity contribution in [3.8, 4) is 0 Å².